The zero-order valence-corrected chi connectivity index (χ0v) is 15.0. The molecular formula is C21H25N3O2. The number of nitrogens with one attached hydrogen (secondary N) is 3. The van der Waals surface area contributed by atoms with Crippen molar-refractivity contribution >= 4 is 23.2 Å². The van der Waals surface area contributed by atoms with Crippen LogP contribution >= 0.6 is 0 Å². The Balaban J connectivity index is 1.52. The van der Waals surface area contributed by atoms with E-state index in [2.05, 4.69) is 22.9 Å². The van der Waals surface area contributed by atoms with Crippen molar-refractivity contribution < 1.29 is 9.59 Å². The van der Waals surface area contributed by atoms with E-state index < -0.39 is 0 Å². The SMILES string of the molecule is CCNCc1cccc(NC(=O)CCC2Cc3ccccc3NC2=O)c1. The van der Waals surface area contributed by atoms with E-state index in [1.807, 2.05) is 48.5 Å². The van der Waals surface area contributed by atoms with Gasteiger partial charge in [-0.1, -0.05) is 37.3 Å². The molecule has 1 aliphatic heterocycles. The number of anilines is 2. The summed E-state index contributed by atoms with van der Waals surface area (Å²) in [6.45, 7) is 3.75. The van der Waals surface area contributed by atoms with Crippen LogP contribution in [0.25, 0.3) is 0 Å². The standard InChI is InChI=1S/C21H25N3O2/c1-2-22-14-15-6-5-8-18(12-15)23-20(25)11-10-17-13-16-7-3-4-9-19(16)24-21(17)26/h3-9,12,17,22H,2,10-11,13-14H2,1H3,(H,23,25)(H,24,26). The number of hydrogen-bond acceptors (Lipinski definition) is 3. The molecule has 3 N–H and O–H groups in total. The Hall–Kier alpha value is -2.66. The van der Waals surface area contributed by atoms with E-state index in [0.29, 0.717) is 19.3 Å². The molecule has 26 heavy (non-hydrogen) atoms. The van der Waals surface area contributed by atoms with E-state index in [9.17, 15) is 9.59 Å². The second-order valence-electron chi connectivity index (χ2n) is 6.62. The number of amides is 2. The van der Waals surface area contributed by atoms with Gasteiger partial charge in [-0.15, -0.1) is 0 Å². The number of benzene rings is 2. The molecule has 0 saturated carbocycles. The van der Waals surface area contributed by atoms with Gasteiger partial charge in [-0.3, -0.25) is 9.59 Å². The van der Waals surface area contributed by atoms with E-state index in [1.165, 1.54) is 0 Å². The van der Waals surface area contributed by atoms with E-state index in [-0.39, 0.29) is 17.7 Å². The highest BCUT2D eigenvalue weighted by Gasteiger charge is 2.26. The number of carbonyl (C=O) groups excluding carboxylic acids is 2. The first-order valence-corrected chi connectivity index (χ1v) is 9.14. The molecule has 136 valence electrons. The van der Waals surface area contributed by atoms with Gasteiger partial charge in [-0.05, 0) is 48.7 Å². The van der Waals surface area contributed by atoms with Gasteiger partial charge in [0.2, 0.25) is 11.8 Å². The molecule has 1 atom stereocenters. The molecule has 0 bridgehead atoms. The molecule has 0 spiro atoms. The van der Waals surface area contributed by atoms with Crippen LogP contribution < -0.4 is 16.0 Å². The molecule has 2 aromatic carbocycles. The lowest BCUT2D eigenvalue weighted by Crippen LogP contribution is -2.30. The molecule has 5 heteroatoms. The van der Waals surface area contributed by atoms with E-state index in [1.54, 1.807) is 0 Å². The van der Waals surface area contributed by atoms with Crippen molar-refractivity contribution in [3.05, 3.63) is 59.7 Å². The monoisotopic (exact) mass is 351 g/mol. The highest BCUT2D eigenvalue weighted by atomic mass is 16.2. The minimum absolute atomic E-state index is 0.00383. The molecule has 0 fully saturated rings. The molecule has 1 unspecified atom stereocenters. The Morgan fingerprint density at radius 1 is 1.19 bits per heavy atom. The Bertz CT molecular complexity index is 788. The molecule has 0 aromatic heterocycles. The van der Waals surface area contributed by atoms with E-state index in [0.717, 1.165) is 35.6 Å². The molecule has 3 rings (SSSR count). The summed E-state index contributed by atoms with van der Waals surface area (Å²) in [7, 11) is 0. The largest absolute Gasteiger partial charge is 0.326 e. The number of para-hydroxylation sites is 1. The van der Waals surface area contributed by atoms with Crippen molar-refractivity contribution in [1.29, 1.82) is 0 Å². The van der Waals surface area contributed by atoms with E-state index in [4.69, 9.17) is 0 Å². The molecular weight excluding hydrogens is 326 g/mol. The van der Waals surface area contributed by atoms with Gasteiger partial charge in [0, 0.05) is 30.3 Å². The molecule has 0 saturated heterocycles. The van der Waals surface area contributed by atoms with Crippen molar-refractivity contribution in [2.24, 2.45) is 5.92 Å². The van der Waals surface area contributed by atoms with Crippen molar-refractivity contribution in [2.45, 2.75) is 32.7 Å². The van der Waals surface area contributed by atoms with Crippen LogP contribution in [0.3, 0.4) is 0 Å². The fourth-order valence-electron chi connectivity index (χ4n) is 3.20. The summed E-state index contributed by atoms with van der Waals surface area (Å²) >= 11 is 0. The predicted molar refractivity (Wildman–Crippen MR) is 104 cm³/mol. The first kappa shape index (κ1) is 18.1. The quantitative estimate of drug-likeness (QED) is 0.717. The Morgan fingerprint density at radius 3 is 2.88 bits per heavy atom. The van der Waals surface area contributed by atoms with Crippen LogP contribution in [0, 0.1) is 5.92 Å². The zero-order chi connectivity index (χ0) is 18.4. The summed E-state index contributed by atoms with van der Waals surface area (Å²) in [4.78, 5) is 24.5. The number of fused-ring (bicyclic) bond motifs is 1. The summed E-state index contributed by atoms with van der Waals surface area (Å²) in [6, 6.07) is 15.7. The fourth-order valence-corrected chi connectivity index (χ4v) is 3.20. The van der Waals surface area contributed by atoms with Gasteiger partial charge in [-0.2, -0.15) is 0 Å². The van der Waals surface area contributed by atoms with E-state index >= 15 is 0 Å². The van der Waals surface area contributed by atoms with Crippen molar-refractivity contribution in [3.63, 3.8) is 0 Å². The molecule has 1 aliphatic rings. The number of hydrogen-bond donors (Lipinski definition) is 3. The van der Waals surface area contributed by atoms with Gasteiger partial charge in [0.1, 0.15) is 0 Å². The lowest BCUT2D eigenvalue weighted by molar-refractivity contribution is -0.121. The summed E-state index contributed by atoms with van der Waals surface area (Å²) in [6.07, 6.45) is 1.56. The van der Waals surface area contributed by atoms with Gasteiger partial charge in [-0.25, -0.2) is 0 Å². The topological polar surface area (TPSA) is 70.2 Å². The third-order valence-corrected chi connectivity index (χ3v) is 4.62. The minimum atomic E-state index is -0.157. The van der Waals surface area contributed by atoms with Crippen LogP contribution in [0.1, 0.15) is 30.9 Å². The van der Waals surface area contributed by atoms with Crippen molar-refractivity contribution in [3.8, 4) is 0 Å². The van der Waals surface area contributed by atoms with Gasteiger partial charge < -0.3 is 16.0 Å². The average molecular weight is 351 g/mol. The molecule has 5 nitrogen and oxygen atoms in total. The molecule has 2 aromatic rings. The highest BCUT2D eigenvalue weighted by molar-refractivity contribution is 5.96. The average Bonchev–Trinajstić information content (AvgIpc) is 2.65. The van der Waals surface area contributed by atoms with Gasteiger partial charge in [0.05, 0.1) is 0 Å². The maximum atomic E-state index is 12.3. The third-order valence-electron chi connectivity index (χ3n) is 4.62. The normalized spacial score (nSPS) is 15.9. The van der Waals surface area contributed by atoms with Crippen LogP contribution in [0.2, 0.25) is 0 Å². The Labute approximate surface area is 154 Å². The zero-order valence-electron chi connectivity index (χ0n) is 15.0. The first-order chi connectivity index (χ1) is 12.7. The summed E-state index contributed by atoms with van der Waals surface area (Å²) in [5.41, 5.74) is 3.95. The first-order valence-electron chi connectivity index (χ1n) is 9.14. The smallest absolute Gasteiger partial charge is 0.227 e. The Kier molecular flexibility index (Phi) is 6.02. The third kappa shape index (κ3) is 4.70. The highest BCUT2D eigenvalue weighted by Crippen LogP contribution is 2.27. The van der Waals surface area contributed by atoms with Crippen molar-refractivity contribution in [2.75, 3.05) is 17.2 Å². The maximum Gasteiger partial charge on any atom is 0.227 e. The van der Waals surface area contributed by atoms with Crippen LogP contribution in [0.4, 0.5) is 11.4 Å². The minimum Gasteiger partial charge on any atom is -0.326 e. The maximum absolute atomic E-state index is 12.3. The Morgan fingerprint density at radius 2 is 2.04 bits per heavy atom. The second-order valence-corrected chi connectivity index (χ2v) is 6.62. The number of carbonyl (C=O) groups is 2. The lowest BCUT2D eigenvalue weighted by atomic mass is 9.89. The molecule has 0 aliphatic carbocycles. The fraction of sp³-hybridized carbons (Fsp3) is 0.333. The van der Waals surface area contributed by atoms with Crippen LogP contribution in [-0.4, -0.2) is 18.4 Å². The molecule has 2 amide bonds. The van der Waals surface area contributed by atoms with Crippen LogP contribution in [0.15, 0.2) is 48.5 Å². The summed E-state index contributed by atoms with van der Waals surface area (Å²) in [5.74, 6) is -0.211. The summed E-state index contributed by atoms with van der Waals surface area (Å²) < 4.78 is 0. The van der Waals surface area contributed by atoms with Gasteiger partial charge >= 0.3 is 0 Å². The molecule has 1 heterocycles. The summed E-state index contributed by atoms with van der Waals surface area (Å²) in [5, 5.41) is 9.14. The second kappa shape index (κ2) is 8.63. The predicted octanol–water partition coefficient (Wildman–Crippen LogP) is 3.33. The molecule has 0 radical (unpaired) electrons. The number of rotatable bonds is 7. The lowest BCUT2D eigenvalue weighted by Gasteiger charge is -2.24. The van der Waals surface area contributed by atoms with Crippen LogP contribution in [-0.2, 0) is 22.6 Å². The van der Waals surface area contributed by atoms with Crippen LogP contribution in [0.5, 0.6) is 0 Å². The van der Waals surface area contributed by atoms with Gasteiger partial charge in [0.15, 0.2) is 0 Å². The van der Waals surface area contributed by atoms with Crippen molar-refractivity contribution in [1.82, 2.24) is 5.32 Å². The van der Waals surface area contributed by atoms with Gasteiger partial charge in [0.25, 0.3) is 0 Å².